The van der Waals surface area contributed by atoms with E-state index in [1.807, 2.05) is 4.90 Å². The second-order valence-corrected chi connectivity index (χ2v) is 6.47. The molecule has 2 fully saturated rings. The number of carbonyl (C=O) groups is 2. The molecule has 3 rings (SSSR count). The van der Waals surface area contributed by atoms with Gasteiger partial charge in [-0.3, -0.25) is 4.79 Å². The van der Waals surface area contributed by atoms with Crippen LogP contribution in [0.1, 0.15) is 24.8 Å². The van der Waals surface area contributed by atoms with E-state index in [1.54, 1.807) is 0 Å². The maximum absolute atomic E-state index is 13.5. The average Bonchev–Trinajstić information content (AvgIpc) is 3.31. The summed E-state index contributed by atoms with van der Waals surface area (Å²) in [6.45, 7) is 1.42. The number of nitrogens with zero attached hydrogens (tertiary/aromatic N) is 1. The number of hydrogen-bond donors (Lipinski definition) is 2. The fraction of sp³-hybridized carbons (Fsp3) is 0.529. The van der Waals surface area contributed by atoms with Gasteiger partial charge in [-0.05, 0) is 30.9 Å². The molecule has 24 heavy (non-hydrogen) atoms. The molecule has 130 valence electrons. The minimum atomic E-state index is -0.617. The monoisotopic (exact) mass is 337 g/mol. The van der Waals surface area contributed by atoms with Crippen LogP contribution in [0.25, 0.3) is 0 Å². The van der Waals surface area contributed by atoms with Crippen LogP contribution in [0.3, 0.4) is 0 Å². The lowest BCUT2D eigenvalue weighted by atomic mass is 10.1. The van der Waals surface area contributed by atoms with Crippen molar-refractivity contribution in [3.05, 3.63) is 35.4 Å². The van der Waals surface area contributed by atoms with Gasteiger partial charge in [0.2, 0.25) is 5.91 Å². The van der Waals surface area contributed by atoms with Crippen molar-refractivity contribution in [1.29, 1.82) is 0 Å². The van der Waals surface area contributed by atoms with Crippen LogP contribution in [0.5, 0.6) is 0 Å². The van der Waals surface area contributed by atoms with Gasteiger partial charge in [0.25, 0.3) is 0 Å². The summed E-state index contributed by atoms with van der Waals surface area (Å²) in [4.78, 5) is 25.5. The van der Waals surface area contributed by atoms with Crippen LogP contribution in [0.2, 0.25) is 0 Å². The van der Waals surface area contributed by atoms with Crippen LogP contribution in [-0.4, -0.2) is 42.5 Å². The molecule has 1 saturated heterocycles. The molecule has 2 N–H and O–H groups in total. The fourth-order valence-electron chi connectivity index (χ4n) is 3.02. The minimum Gasteiger partial charge on any atom is -0.339 e. The Hall–Kier alpha value is -2.18. The molecule has 1 aromatic rings. The van der Waals surface area contributed by atoms with Gasteiger partial charge in [-0.2, -0.15) is 0 Å². The zero-order valence-corrected chi connectivity index (χ0v) is 13.4. The van der Waals surface area contributed by atoms with Gasteiger partial charge in [0, 0.05) is 44.1 Å². The SMILES string of the molecule is O=C(NCCc1ccc(F)cc1F)NC[C@H]1CC(=O)N(C2CC2)C1. The van der Waals surface area contributed by atoms with E-state index >= 15 is 0 Å². The molecule has 1 heterocycles. The van der Waals surface area contributed by atoms with Gasteiger partial charge in [0.05, 0.1) is 0 Å². The van der Waals surface area contributed by atoms with Gasteiger partial charge in [0.15, 0.2) is 0 Å². The second-order valence-electron chi connectivity index (χ2n) is 6.47. The molecule has 0 aromatic heterocycles. The molecule has 1 aliphatic carbocycles. The lowest BCUT2D eigenvalue weighted by Gasteiger charge is -2.15. The standard InChI is InChI=1S/C17H21F2N3O2/c18-13-2-1-12(15(19)8-13)5-6-20-17(24)21-9-11-7-16(23)22(10-11)14-3-4-14/h1-2,8,11,14H,3-7,9-10H2,(H2,20,21,24)/t11-/m1/s1. The first kappa shape index (κ1) is 16.7. The highest BCUT2D eigenvalue weighted by Crippen LogP contribution is 2.32. The molecule has 3 amide bonds. The van der Waals surface area contributed by atoms with Crippen molar-refractivity contribution in [2.75, 3.05) is 19.6 Å². The van der Waals surface area contributed by atoms with Crippen molar-refractivity contribution in [3.63, 3.8) is 0 Å². The van der Waals surface area contributed by atoms with Crippen molar-refractivity contribution in [3.8, 4) is 0 Å². The third-order valence-electron chi connectivity index (χ3n) is 4.47. The molecule has 1 saturated carbocycles. The number of urea groups is 1. The van der Waals surface area contributed by atoms with Gasteiger partial charge in [-0.25, -0.2) is 13.6 Å². The summed E-state index contributed by atoms with van der Waals surface area (Å²) >= 11 is 0. The summed E-state index contributed by atoms with van der Waals surface area (Å²) in [7, 11) is 0. The van der Waals surface area contributed by atoms with Crippen LogP contribution in [0.4, 0.5) is 13.6 Å². The Labute approximate surface area is 139 Å². The molecule has 1 aromatic carbocycles. The van der Waals surface area contributed by atoms with Gasteiger partial charge in [0.1, 0.15) is 11.6 Å². The molecule has 2 aliphatic rings. The Kier molecular flexibility index (Phi) is 4.97. The summed E-state index contributed by atoms with van der Waals surface area (Å²) in [5.74, 6) is -0.898. The molecule has 5 nitrogen and oxygen atoms in total. The van der Waals surface area contributed by atoms with E-state index in [-0.39, 0.29) is 30.8 Å². The molecule has 0 unspecified atom stereocenters. The van der Waals surface area contributed by atoms with Gasteiger partial charge in [-0.15, -0.1) is 0 Å². The zero-order valence-electron chi connectivity index (χ0n) is 13.4. The Morgan fingerprint density at radius 1 is 1.25 bits per heavy atom. The number of hydrogen-bond acceptors (Lipinski definition) is 2. The molecule has 1 aliphatic heterocycles. The maximum Gasteiger partial charge on any atom is 0.314 e. The number of nitrogens with one attached hydrogen (secondary N) is 2. The smallest absolute Gasteiger partial charge is 0.314 e. The highest BCUT2D eigenvalue weighted by Gasteiger charge is 2.39. The van der Waals surface area contributed by atoms with E-state index in [0.717, 1.165) is 18.9 Å². The molecule has 0 radical (unpaired) electrons. The molecule has 0 bridgehead atoms. The van der Waals surface area contributed by atoms with E-state index in [2.05, 4.69) is 10.6 Å². The third kappa shape index (κ3) is 4.21. The van der Waals surface area contributed by atoms with E-state index in [9.17, 15) is 18.4 Å². The third-order valence-corrected chi connectivity index (χ3v) is 4.47. The van der Waals surface area contributed by atoms with E-state index in [1.165, 1.54) is 12.1 Å². The number of likely N-dealkylation sites (tertiary alicyclic amines) is 1. The highest BCUT2D eigenvalue weighted by atomic mass is 19.1. The predicted molar refractivity (Wildman–Crippen MR) is 84.3 cm³/mol. The van der Waals surface area contributed by atoms with Gasteiger partial charge >= 0.3 is 6.03 Å². The lowest BCUT2D eigenvalue weighted by molar-refractivity contribution is -0.128. The van der Waals surface area contributed by atoms with Gasteiger partial charge < -0.3 is 15.5 Å². The van der Waals surface area contributed by atoms with Crippen molar-refractivity contribution < 1.29 is 18.4 Å². The van der Waals surface area contributed by atoms with E-state index in [4.69, 9.17) is 0 Å². The maximum atomic E-state index is 13.5. The van der Waals surface area contributed by atoms with Crippen LogP contribution >= 0.6 is 0 Å². The number of carbonyl (C=O) groups excluding carboxylic acids is 2. The lowest BCUT2D eigenvalue weighted by Crippen LogP contribution is -2.39. The summed E-state index contributed by atoms with van der Waals surface area (Å²) < 4.78 is 26.3. The fourth-order valence-corrected chi connectivity index (χ4v) is 3.02. The molecule has 0 spiro atoms. The quantitative estimate of drug-likeness (QED) is 0.832. The van der Waals surface area contributed by atoms with E-state index < -0.39 is 11.6 Å². The first-order valence-electron chi connectivity index (χ1n) is 8.28. The zero-order chi connectivity index (χ0) is 17.1. The van der Waals surface area contributed by atoms with E-state index in [0.29, 0.717) is 31.1 Å². The number of benzene rings is 1. The number of amides is 3. The Morgan fingerprint density at radius 3 is 2.75 bits per heavy atom. The van der Waals surface area contributed by atoms with Crippen molar-refractivity contribution in [2.24, 2.45) is 5.92 Å². The van der Waals surface area contributed by atoms with Crippen molar-refractivity contribution >= 4 is 11.9 Å². The summed E-state index contributed by atoms with van der Waals surface area (Å²) in [6, 6.07) is 3.48. The largest absolute Gasteiger partial charge is 0.339 e. The predicted octanol–water partition coefficient (Wildman–Crippen LogP) is 1.82. The average molecular weight is 337 g/mol. The first-order valence-corrected chi connectivity index (χ1v) is 8.28. The number of halogens is 2. The van der Waals surface area contributed by atoms with Crippen LogP contribution in [-0.2, 0) is 11.2 Å². The first-order chi connectivity index (χ1) is 11.5. The molecular weight excluding hydrogens is 316 g/mol. The van der Waals surface area contributed by atoms with Crippen molar-refractivity contribution in [2.45, 2.75) is 31.7 Å². The van der Waals surface area contributed by atoms with Crippen LogP contribution in [0, 0.1) is 17.6 Å². The van der Waals surface area contributed by atoms with Gasteiger partial charge in [-0.1, -0.05) is 6.07 Å². The van der Waals surface area contributed by atoms with Crippen molar-refractivity contribution in [1.82, 2.24) is 15.5 Å². The topological polar surface area (TPSA) is 61.4 Å². The Balaban J connectivity index is 1.35. The molecular formula is C17H21F2N3O2. The molecule has 1 atom stereocenters. The normalized spacial score (nSPS) is 20.3. The second kappa shape index (κ2) is 7.15. The summed E-state index contributed by atoms with van der Waals surface area (Å²) in [6.07, 6.45) is 2.95. The Morgan fingerprint density at radius 2 is 2.04 bits per heavy atom. The summed E-state index contributed by atoms with van der Waals surface area (Å²) in [5, 5.41) is 5.40. The number of rotatable bonds is 6. The van der Waals surface area contributed by atoms with Crippen LogP contribution in [0.15, 0.2) is 18.2 Å². The highest BCUT2D eigenvalue weighted by molar-refractivity contribution is 5.79. The Bertz CT molecular complexity index is 634. The van der Waals surface area contributed by atoms with Crippen LogP contribution < -0.4 is 10.6 Å². The minimum absolute atomic E-state index is 0.151. The summed E-state index contributed by atoms with van der Waals surface area (Å²) in [5.41, 5.74) is 0.359. The molecule has 7 heteroatoms.